The molecule has 1 saturated heterocycles. The van der Waals surface area contributed by atoms with E-state index in [9.17, 15) is 14.4 Å². The van der Waals surface area contributed by atoms with Crippen molar-refractivity contribution in [3.8, 4) is 17.2 Å². The third-order valence-corrected chi connectivity index (χ3v) is 4.60. The number of urea groups is 1. The van der Waals surface area contributed by atoms with Crippen molar-refractivity contribution in [3.63, 3.8) is 0 Å². The number of benzene rings is 2. The van der Waals surface area contributed by atoms with Gasteiger partial charge in [0, 0.05) is 11.6 Å². The van der Waals surface area contributed by atoms with E-state index < -0.39 is 17.8 Å². The fraction of sp³-hybridized carbons (Fsp3) is 0.227. The molecule has 1 aliphatic heterocycles. The van der Waals surface area contributed by atoms with Crippen LogP contribution in [0, 0.1) is 13.8 Å². The maximum Gasteiger partial charge on any atom is 0.335 e. The monoisotopic (exact) mass is 410 g/mol. The summed E-state index contributed by atoms with van der Waals surface area (Å²) < 4.78 is 15.9. The number of carbonyl (C=O) groups is 3. The van der Waals surface area contributed by atoms with Crippen molar-refractivity contribution in [2.45, 2.75) is 13.8 Å². The molecule has 3 rings (SSSR count). The fourth-order valence-corrected chi connectivity index (χ4v) is 3.29. The van der Waals surface area contributed by atoms with Gasteiger partial charge >= 0.3 is 6.03 Å². The van der Waals surface area contributed by atoms with Crippen LogP contribution >= 0.6 is 0 Å². The fourth-order valence-electron chi connectivity index (χ4n) is 3.29. The van der Waals surface area contributed by atoms with E-state index in [4.69, 9.17) is 14.2 Å². The Bertz CT molecular complexity index is 1050. The quantitative estimate of drug-likeness (QED) is 0.602. The lowest BCUT2D eigenvalue weighted by molar-refractivity contribution is -0.122. The summed E-state index contributed by atoms with van der Waals surface area (Å²) in [5, 5.41) is 2.22. The van der Waals surface area contributed by atoms with E-state index in [1.807, 2.05) is 19.9 Å². The van der Waals surface area contributed by atoms with Crippen LogP contribution in [0.25, 0.3) is 6.08 Å². The van der Waals surface area contributed by atoms with Gasteiger partial charge in [-0.15, -0.1) is 0 Å². The molecule has 8 nitrogen and oxygen atoms in total. The number of carbonyl (C=O) groups excluding carboxylic acids is 3. The summed E-state index contributed by atoms with van der Waals surface area (Å²) in [6.07, 6.45) is 1.36. The normalized spacial score (nSPS) is 15.3. The molecule has 2 aromatic rings. The van der Waals surface area contributed by atoms with Crippen LogP contribution in [0.4, 0.5) is 10.5 Å². The highest BCUT2D eigenvalue weighted by Crippen LogP contribution is 2.36. The molecule has 0 radical (unpaired) electrons. The molecule has 8 heteroatoms. The van der Waals surface area contributed by atoms with Crippen LogP contribution in [0.2, 0.25) is 0 Å². The summed E-state index contributed by atoms with van der Waals surface area (Å²) in [5.74, 6) is -0.317. The molecule has 2 aromatic carbocycles. The number of aryl methyl sites for hydroxylation is 2. The zero-order valence-electron chi connectivity index (χ0n) is 17.4. The lowest BCUT2D eigenvalue weighted by Gasteiger charge is -2.27. The Morgan fingerprint density at radius 2 is 1.37 bits per heavy atom. The van der Waals surface area contributed by atoms with Gasteiger partial charge in [0.15, 0.2) is 11.5 Å². The smallest absolute Gasteiger partial charge is 0.335 e. The highest BCUT2D eigenvalue weighted by molar-refractivity contribution is 6.39. The minimum Gasteiger partial charge on any atom is -0.496 e. The number of nitrogens with zero attached hydrogens (tertiary/aromatic N) is 1. The Labute approximate surface area is 174 Å². The zero-order chi connectivity index (χ0) is 22.0. The molecule has 0 saturated carbocycles. The highest BCUT2D eigenvalue weighted by Gasteiger charge is 2.37. The number of imide groups is 2. The van der Waals surface area contributed by atoms with Crippen molar-refractivity contribution in [2.75, 3.05) is 26.2 Å². The van der Waals surface area contributed by atoms with Gasteiger partial charge in [0.2, 0.25) is 0 Å². The molecular weight excluding hydrogens is 388 g/mol. The van der Waals surface area contributed by atoms with Gasteiger partial charge in [0.05, 0.1) is 27.0 Å². The zero-order valence-corrected chi connectivity index (χ0v) is 17.4. The second-order valence-electron chi connectivity index (χ2n) is 6.75. The third kappa shape index (κ3) is 3.84. The van der Waals surface area contributed by atoms with Crippen LogP contribution in [0.5, 0.6) is 17.2 Å². The molecule has 0 aliphatic carbocycles. The predicted octanol–water partition coefficient (Wildman–Crippen LogP) is 3.00. The summed E-state index contributed by atoms with van der Waals surface area (Å²) in [6.45, 7) is 3.72. The second kappa shape index (κ2) is 8.28. The molecule has 156 valence electrons. The van der Waals surface area contributed by atoms with Crippen LogP contribution < -0.4 is 24.4 Å². The Hall–Kier alpha value is -3.81. The third-order valence-electron chi connectivity index (χ3n) is 4.60. The molecule has 0 unspecified atom stereocenters. The Kier molecular flexibility index (Phi) is 5.77. The Balaban J connectivity index is 2.11. The number of methoxy groups -OCH3 is 3. The summed E-state index contributed by atoms with van der Waals surface area (Å²) in [5.41, 5.74) is 2.36. The van der Waals surface area contributed by atoms with Crippen LogP contribution in [-0.4, -0.2) is 39.2 Å². The first-order chi connectivity index (χ1) is 14.3. The summed E-state index contributed by atoms with van der Waals surface area (Å²) in [7, 11) is 4.42. The lowest BCUT2D eigenvalue weighted by Crippen LogP contribution is -2.54. The molecule has 0 bridgehead atoms. The van der Waals surface area contributed by atoms with Gasteiger partial charge in [-0.05, 0) is 49.2 Å². The average molecular weight is 410 g/mol. The minimum atomic E-state index is -0.800. The number of hydrogen-bond acceptors (Lipinski definition) is 6. The minimum absolute atomic E-state index is 0.209. The number of nitrogens with one attached hydrogen (secondary N) is 1. The van der Waals surface area contributed by atoms with Gasteiger partial charge in [-0.3, -0.25) is 14.9 Å². The lowest BCUT2D eigenvalue weighted by atomic mass is 10.0. The number of barbiturate groups is 1. The van der Waals surface area contributed by atoms with Gasteiger partial charge in [-0.25, -0.2) is 9.69 Å². The van der Waals surface area contributed by atoms with Crippen molar-refractivity contribution in [3.05, 3.63) is 52.6 Å². The number of hydrogen-bond donors (Lipinski definition) is 1. The van der Waals surface area contributed by atoms with Crippen LogP contribution in [0.3, 0.4) is 0 Å². The van der Waals surface area contributed by atoms with E-state index in [1.165, 1.54) is 27.4 Å². The van der Waals surface area contributed by atoms with Crippen molar-refractivity contribution in [1.29, 1.82) is 0 Å². The van der Waals surface area contributed by atoms with Crippen molar-refractivity contribution in [2.24, 2.45) is 0 Å². The Morgan fingerprint density at radius 3 is 1.93 bits per heavy atom. The van der Waals surface area contributed by atoms with E-state index in [0.717, 1.165) is 16.0 Å². The summed E-state index contributed by atoms with van der Waals surface area (Å²) in [6, 6.07) is 7.70. The Morgan fingerprint density at radius 1 is 0.800 bits per heavy atom. The maximum atomic E-state index is 13.1. The number of ether oxygens (including phenoxy) is 3. The first kappa shape index (κ1) is 20.9. The average Bonchev–Trinajstić information content (AvgIpc) is 2.69. The first-order valence-electron chi connectivity index (χ1n) is 9.08. The molecular formula is C22H22N2O6. The van der Waals surface area contributed by atoms with Crippen LogP contribution in [0.1, 0.15) is 16.7 Å². The van der Waals surface area contributed by atoms with Gasteiger partial charge in [-0.1, -0.05) is 6.07 Å². The molecule has 1 N–H and O–H groups in total. The summed E-state index contributed by atoms with van der Waals surface area (Å²) >= 11 is 0. The maximum absolute atomic E-state index is 13.1. The molecule has 0 atom stereocenters. The number of amides is 4. The highest BCUT2D eigenvalue weighted by atomic mass is 16.5. The van der Waals surface area contributed by atoms with E-state index >= 15 is 0 Å². The van der Waals surface area contributed by atoms with Crippen LogP contribution in [-0.2, 0) is 9.59 Å². The number of anilines is 1. The van der Waals surface area contributed by atoms with Crippen LogP contribution in [0.15, 0.2) is 35.9 Å². The molecule has 1 aliphatic rings. The van der Waals surface area contributed by atoms with Gasteiger partial charge in [0.25, 0.3) is 11.8 Å². The number of rotatable bonds is 5. The van der Waals surface area contributed by atoms with Crippen molar-refractivity contribution >= 4 is 29.6 Å². The largest absolute Gasteiger partial charge is 0.496 e. The van der Waals surface area contributed by atoms with E-state index in [0.29, 0.717) is 28.5 Å². The second-order valence-corrected chi connectivity index (χ2v) is 6.75. The van der Waals surface area contributed by atoms with E-state index in [1.54, 1.807) is 24.3 Å². The van der Waals surface area contributed by atoms with Gasteiger partial charge in [-0.2, -0.15) is 0 Å². The molecule has 30 heavy (non-hydrogen) atoms. The molecule has 4 amide bonds. The molecule has 1 fully saturated rings. The van der Waals surface area contributed by atoms with Crippen molar-refractivity contribution in [1.82, 2.24) is 5.32 Å². The molecule has 0 aromatic heterocycles. The van der Waals surface area contributed by atoms with Crippen molar-refractivity contribution < 1.29 is 28.6 Å². The summed E-state index contributed by atoms with van der Waals surface area (Å²) in [4.78, 5) is 39.0. The molecule has 1 heterocycles. The SMILES string of the molecule is COc1cc(OC)c(OC)cc1/C=C1\C(=O)NC(=O)N(c2cc(C)cc(C)c2)C1=O. The first-order valence-corrected chi connectivity index (χ1v) is 9.08. The van der Waals surface area contributed by atoms with E-state index in [2.05, 4.69) is 5.32 Å². The van der Waals surface area contributed by atoms with E-state index in [-0.39, 0.29) is 5.57 Å². The van der Waals surface area contributed by atoms with Gasteiger partial charge in [0.1, 0.15) is 11.3 Å². The standard InChI is InChI=1S/C22H22N2O6/c1-12-6-13(2)8-15(7-12)24-21(26)16(20(25)23-22(24)27)9-14-10-18(29-4)19(30-5)11-17(14)28-3/h6-11H,1-5H3,(H,23,25,27)/b16-9+. The topological polar surface area (TPSA) is 94.2 Å². The van der Waals surface area contributed by atoms with Gasteiger partial charge < -0.3 is 14.2 Å². The molecule has 0 spiro atoms. The predicted molar refractivity (Wildman–Crippen MR) is 111 cm³/mol.